The fraction of sp³-hybridized carbons (Fsp3) is 0.286. The van der Waals surface area contributed by atoms with Gasteiger partial charge in [0.2, 0.25) is 5.78 Å². The number of aromatic amines is 1. The Morgan fingerprint density at radius 3 is 2.56 bits per heavy atom. The highest BCUT2D eigenvalue weighted by Gasteiger charge is 2.20. The van der Waals surface area contributed by atoms with Crippen LogP contribution in [-0.4, -0.2) is 23.2 Å². The number of carbonyl (C=O) groups excluding carboxylic acids is 2. The molecule has 1 N–H and O–H groups in total. The molecule has 6 heteroatoms. The maximum Gasteiger partial charge on any atom is 0.336 e. The third-order valence-electron chi connectivity index (χ3n) is 4.62. The lowest BCUT2D eigenvalue weighted by molar-refractivity contribution is 0.0916. The van der Waals surface area contributed by atoms with Crippen molar-refractivity contribution in [1.29, 1.82) is 0 Å². The van der Waals surface area contributed by atoms with Gasteiger partial charge in [-0.25, -0.2) is 4.79 Å². The molecule has 0 saturated carbocycles. The third kappa shape index (κ3) is 3.56. The molecule has 0 unspecified atom stereocenters. The van der Waals surface area contributed by atoms with Crippen LogP contribution in [0, 0.1) is 13.8 Å². The van der Waals surface area contributed by atoms with Crippen LogP contribution in [0.1, 0.15) is 51.5 Å². The number of Topliss-reactive ketones (excluding diaryl/α,β-unsaturated/α-hetero) is 2. The first kappa shape index (κ1) is 18.6. The van der Waals surface area contributed by atoms with E-state index in [1.165, 1.54) is 13.0 Å². The summed E-state index contributed by atoms with van der Waals surface area (Å²) in [7, 11) is 0. The molecule has 0 saturated heterocycles. The molecule has 140 valence electrons. The van der Waals surface area contributed by atoms with Crippen molar-refractivity contribution in [3.63, 3.8) is 0 Å². The third-order valence-corrected chi connectivity index (χ3v) is 4.62. The molecule has 2 heterocycles. The normalized spacial score (nSPS) is 11.0. The van der Waals surface area contributed by atoms with Crippen molar-refractivity contribution < 1.29 is 18.7 Å². The number of hydrogen-bond acceptors (Lipinski definition) is 5. The molecule has 2 aromatic heterocycles. The Bertz CT molecular complexity index is 1100. The van der Waals surface area contributed by atoms with E-state index in [9.17, 15) is 14.4 Å². The van der Waals surface area contributed by atoms with Gasteiger partial charge in [0.15, 0.2) is 12.4 Å². The number of fused-ring (bicyclic) bond motifs is 1. The number of benzene rings is 1. The van der Waals surface area contributed by atoms with Gasteiger partial charge in [-0.2, -0.15) is 0 Å². The van der Waals surface area contributed by atoms with Crippen LogP contribution >= 0.6 is 0 Å². The standard InChI is InChI=1S/C21H21NO5/c1-5-14-8-19(25)27-18-9-15(6-7-16(14)18)26-10-17(24)21-11(2)20(13(4)23)12(3)22-21/h6-9,22H,5,10H2,1-4H3. The van der Waals surface area contributed by atoms with Gasteiger partial charge in [0.25, 0.3) is 0 Å². The molecule has 0 spiro atoms. The molecule has 0 aliphatic rings. The second kappa shape index (κ2) is 7.23. The fourth-order valence-corrected chi connectivity index (χ4v) is 3.37. The Hall–Kier alpha value is -3.15. The predicted molar refractivity (Wildman–Crippen MR) is 102 cm³/mol. The number of hydrogen-bond donors (Lipinski definition) is 1. The molecule has 6 nitrogen and oxygen atoms in total. The van der Waals surface area contributed by atoms with Crippen LogP contribution in [0.15, 0.2) is 33.5 Å². The van der Waals surface area contributed by atoms with Gasteiger partial charge in [-0.3, -0.25) is 9.59 Å². The zero-order valence-corrected chi connectivity index (χ0v) is 15.8. The highest BCUT2D eigenvalue weighted by atomic mass is 16.5. The molecule has 0 aliphatic heterocycles. The molecule has 0 aliphatic carbocycles. The molecule has 3 rings (SSSR count). The molecular formula is C21H21NO5. The van der Waals surface area contributed by atoms with E-state index in [4.69, 9.17) is 9.15 Å². The zero-order chi connectivity index (χ0) is 19.7. The van der Waals surface area contributed by atoms with E-state index < -0.39 is 5.63 Å². The van der Waals surface area contributed by atoms with E-state index in [-0.39, 0.29) is 18.2 Å². The Kier molecular flexibility index (Phi) is 4.99. The number of carbonyl (C=O) groups is 2. The summed E-state index contributed by atoms with van der Waals surface area (Å²) in [4.78, 5) is 38.8. The first-order chi connectivity index (χ1) is 12.8. The topological polar surface area (TPSA) is 89.4 Å². The Labute approximate surface area is 156 Å². The average Bonchev–Trinajstić information content (AvgIpc) is 2.92. The summed E-state index contributed by atoms with van der Waals surface area (Å²) < 4.78 is 10.8. The van der Waals surface area contributed by atoms with Crippen molar-refractivity contribution in [1.82, 2.24) is 4.98 Å². The van der Waals surface area contributed by atoms with Crippen molar-refractivity contribution in [2.24, 2.45) is 0 Å². The minimum atomic E-state index is -0.415. The molecule has 0 bridgehead atoms. The van der Waals surface area contributed by atoms with Gasteiger partial charge < -0.3 is 14.1 Å². The maximum atomic E-state index is 12.5. The second-order valence-electron chi connectivity index (χ2n) is 6.50. The first-order valence-electron chi connectivity index (χ1n) is 8.74. The van der Waals surface area contributed by atoms with Gasteiger partial charge in [0.1, 0.15) is 11.3 Å². The minimum Gasteiger partial charge on any atom is -0.485 e. The number of ketones is 2. The molecule has 27 heavy (non-hydrogen) atoms. The number of ether oxygens (including phenoxy) is 1. The smallest absolute Gasteiger partial charge is 0.336 e. The molecule has 0 atom stereocenters. The number of aryl methyl sites for hydroxylation is 2. The SMILES string of the molecule is CCc1cc(=O)oc2cc(OCC(=O)c3[nH]c(C)c(C(C)=O)c3C)ccc12. The Morgan fingerprint density at radius 2 is 1.93 bits per heavy atom. The molecule has 0 radical (unpaired) electrons. The molecule has 1 aromatic carbocycles. The molecule has 3 aromatic rings. The van der Waals surface area contributed by atoms with Gasteiger partial charge in [0, 0.05) is 28.8 Å². The van der Waals surface area contributed by atoms with E-state index in [2.05, 4.69) is 4.98 Å². The van der Waals surface area contributed by atoms with E-state index in [1.54, 1.807) is 26.0 Å². The van der Waals surface area contributed by atoms with Crippen molar-refractivity contribution >= 4 is 22.5 Å². The maximum absolute atomic E-state index is 12.5. The van der Waals surface area contributed by atoms with Gasteiger partial charge >= 0.3 is 5.63 Å². The van der Waals surface area contributed by atoms with Crippen molar-refractivity contribution in [2.75, 3.05) is 6.61 Å². The Morgan fingerprint density at radius 1 is 1.19 bits per heavy atom. The lowest BCUT2D eigenvalue weighted by Gasteiger charge is -2.08. The van der Waals surface area contributed by atoms with Crippen LogP contribution in [0.5, 0.6) is 5.75 Å². The van der Waals surface area contributed by atoms with E-state index in [0.717, 1.165) is 10.9 Å². The number of H-pyrrole nitrogens is 1. The summed E-state index contributed by atoms with van der Waals surface area (Å²) in [5.41, 5.74) is 3.12. The van der Waals surface area contributed by atoms with Crippen LogP contribution in [0.4, 0.5) is 0 Å². The van der Waals surface area contributed by atoms with E-state index in [1.807, 2.05) is 13.0 Å². The first-order valence-corrected chi connectivity index (χ1v) is 8.74. The van der Waals surface area contributed by atoms with E-state index >= 15 is 0 Å². The van der Waals surface area contributed by atoms with Gasteiger partial charge in [0.05, 0.1) is 5.69 Å². The number of aromatic nitrogens is 1. The highest BCUT2D eigenvalue weighted by Crippen LogP contribution is 2.24. The quantitative estimate of drug-likeness (QED) is 0.529. The van der Waals surface area contributed by atoms with E-state index in [0.29, 0.717) is 40.3 Å². The highest BCUT2D eigenvalue weighted by molar-refractivity contribution is 6.03. The van der Waals surface area contributed by atoms with Crippen LogP contribution in [0.2, 0.25) is 0 Å². The monoisotopic (exact) mass is 367 g/mol. The van der Waals surface area contributed by atoms with Crippen LogP contribution < -0.4 is 10.4 Å². The summed E-state index contributed by atoms with van der Waals surface area (Å²) >= 11 is 0. The predicted octanol–water partition coefficient (Wildman–Crippen LogP) is 3.76. The summed E-state index contributed by atoms with van der Waals surface area (Å²) in [6, 6.07) is 6.64. The van der Waals surface area contributed by atoms with Gasteiger partial charge in [-0.05, 0) is 50.5 Å². The molecule has 0 amide bonds. The van der Waals surface area contributed by atoms with Crippen LogP contribution in [0.3, 0.4) is 0 Å². The van der Waals surface area contributed by atoms with Crippen LogP contribution in [0.25, 0.3) is 11.0 Å². The zero-order valence-electron chi connectivity index (χ0n) is 15.8. The van der Waals surface area contributed by atoms with Gasteiger partial charge in [-0.1, -0.05) is 6.92 Å². The summed E-state index contributed by atoms with van der Waals surface area (Å²) in [6.07, 6.45) is 0.713. The summed E-state index contributed by atoms with van der Waals surface area (Å²) in [5.74, 6) is 0.0874. The minimum absolute atomic E-state index is 0.0856. The fourth-order valence-electron chi connectivity index (χ4n) is 3.37. The van der Waals surface area contributed by atoms with Crippen molar-refractivity contribution in [2.45, 2.75) is 34.1 Å². The lowest BCUT2D eigenvalue weighted by atomic mass is 10.1. The van der Waals surface area contributed by atoms with Crippen molar-refractivity contribution in [3.05, 3.63) is 62.8 Å². The number of nitrogens with one attached hydrogen (secondary N) is 1. The largest absolute Gasteiger partial charge is 0.485 e. The summed E-state index contributed by atoms with van der Waals surface area (Å²) in [6.45, 7) is 6.75. The average molecular weight is 367 g/mol. The summed E-state index contributed by atoms with van der Waals surface area (Å²) in [5, 5.41) is 0.845. The second-order valence-corrected chi connectivity index (χ2v) is 6.50. The molecular weight excluding hydrogens is 346 g/mol. The van der Waals surface area contributed by atoms with Crippen LogP contribution in [-0.2, 0) is 6.42 Å². The van der Waals surface area contributed by atoms with Crippen molar-refractivity contribution in [3.8, 4) is 5.75 Å². The lowest BCUT2D eigenvalue weighted by Crippen LogP contribution is -2.13. The number of rotatable bonds is 6. The molecule has 0 fully saturated rings. The Balaban J connectivity index is 1.83. The van der Waals surface area contributed by atoms with Gasteiger partial charge in [-0.15, -0.1) is 0 Å².